The van der Waals surface area contributed by atoms with E-state index in [1.807, 2.05) is 0 Å². The highest BCUT2D eigenvalue weighted by molar-refractivity contribution is 7.91. The average Bonchev–Trinajstić information content (AvgIpc) is 2.67. The van der Waals surface area contributed by atoms with E-state index in [1.54, 1.807) is 19.1 Å². The number of rotatable bonds is 8. The van der Waals surface area contributed by atoms with Gasteiger partial charge in [0.1, 0.15) is 5.82 Å². The van der Waals surface area contributed by atoms with Crippen LogP contribution in [0.4, 0.5) is 4.39 Å². The van der Waals surface area contributed by atoms with Gasteiger partial charge in [0.2, 0.25) is 5.91 Å². The number of nitrogens with one attached hydrogen (secondary N) is 2. The van der Waals surface area contributed by atoms with Gasteiger partial charge in [0.05, 0.1) is 17.1 Å². The number of amides is 2. The first kappa shape index (κ1) is 20.6. The van der Waals surface area contributed by atoms with Gasteiger partial charge in [0.25, 0.3) is 5.91 Å². The van der Waals surface area contributed by atoms with Crippen molar-refractivity contribution in [1.29, 1.82) is 0 Å². The first-order valence-corrected chi connectivity index (χ1v) is 10.1. The van der Waals surface area contributed by atoms with Crippen molar-refractivity contribution in [3.05, 3.63) is 65.5 Å². The standard InChI is InChI=1S/C19H21FN2O4S/c1-2-27(25,26)17-9-5-15(6-10-17)19(24)22-12-11-21-18(23)13-14-3-7-16(20)8-4-14/h3-10H,2,11-13H2,1H3,(H,21,23)(H,22,24). The van der Waals surface area contributed by atoms with E-state index in [0.717, 1.165) is 0 Å². The summed E-state index contributed by atoms with van der Waals surface area (Å²) in [6.45, 7) is 2.03. The lowest BCUT2D eigenvalue weighted by Gasteiger charge is -2.08. The van der Waals surface area contributed by atoms with Crippen LogP contribution in [0.1, 0.15) is 22.8 Å². The first-order chi connectivity index (χ1) is 12.8. The summed E-state index contributed by atoms with van der Waals surface area (Å²) < 4.78 is 36.3. The predicted octanol–water partition coefficient (Wildman–Crippen LogP) is 1.71. The van der Waals surface area contributed by atoms with Gasteiger partial charge in [0.15, 0.2) is 9.84 Å². The fraction of sp³-hybridized carbons (Fsp3) is 0.263. The molecule has 0 aliphatic heterocycles. The van der Waals surface area contributed by atoms with Crippen LogP contribution in [0.3, 0.4) is 0 Å². The summed E-state index contributed by atoms with van der Waals surface area (Å²) in [5.41, 5.74) is 1.03. The number of hydrogen-bond donors (Lipinski definition) is 2. The maximum Gasteiger partial charge on any atom is 0.251 e. The van der Waals surface area contributed by atoms with E-state index in [9.17, 15) is 22.4 Å². The molecule has 8 heteroatoms. The van der Waals surface area contributed by atoms with Crippen LogP contribution in [0.15, 0.2) is 53.4 Å². The third-order valence-corrected chi connectivity index (χ3v) is 5.62. The van der Waals surface area contributed by atoms with Crippen molar-refractivity contribution in [2.45, 2.75) is 18.2 Å². The molecule has 0 spiro atoms. The molecule has 0 bridgehead atoms. The molecule has 0 saturated heterocycles. The van der Waals surface area contributed by atoms with Crippen LogP contribution in [0.2, 0.25) is 0 Å². The Kier molecular flexibility index (Phi) is 7.06. The van der Waals surface area contributed by atoms with Crippen molar-refractivity contribution >= 4 is 21.7 Å². The number of carbonyl (C=O) groups excluding carboxylic acids is 2. The van der Waals surface area contributed by atoms with Crippen LogP contribution in [-0.2, 0) is 21.1 Å². The highest BCUT2D eigenvalue weighted by Crippen LogP contribution is 2.12. The Bertz CT molecular complexity index is 894. The van der Waals surface area contributed by atoms with Gasteiger partial charge in [-0.2, -0.15) is 0 Å². The number of sulfone groups is 1. The Morgan fingerprint density at radius 1 is 0.926 bits per heavy atom. The van der Waals surface area contributed by atoms with Gasteiger partial charge >= 0.3 is 0 Å². The van der Waals surface area contributed by atoms with Gasteiger partial charge in [-0.25, -0.2) is 12.8 Å². The molecule has 2 amide bonds. The maximum absolute atomic E-state index is 12.8. The van der Waals surface area contributed by atoms with Crippen LogP contribution >= 0.6 is 0 Å². The van der Waals surface area contributed by atoms with Gasteiger partial charge in [-0.15, -0.1) is 0 Å². The second kappa shape index (κ2) is 9.27. The third-order valence-electron chi connectivity index (χ3n) is 3.87. The quantitative estimate of drug-likeness (QED) is 0.669. The molecular weight excluding hydrogens is 371 g/mol. The molecule has 144 valence electrons. The molecule has 0 fully saturated rings. The molecule has 0 aliphatic carbocycles. The normalized spacial score (nSPS) is 11.0. The molecule has 0 heterocycles. The van der Waals surface area contributed by atoms with Crippen LogP contribution in [-0.4, -0.2) is 39.1 Å². The second-order valence-corrected chi connectivity index (χ2v) is 8.12. The number of hydrogen-bond acceptors (Lipinski definition) is 4. The van der Waals surface area contributed by atoms with Gasteiger partial charge in [-0.1, -0.05) is 19.1 Å². The average molecular weight is 392 g/mol. The predicted molar refractivity (Wildman–Crippen MR) is 99.6 cm³/mol. The van der Waals surface area contributed by atoms with Gasteiger partial charge < -0.3 is 10.6 Å². The summed E-state index contributed by atoms with van der Waals surface area (Å²) in [5.74, 6) is -0.953. The largest absolute Gasteiger partial charge is 0.354 e. The molecule has 2 N–H and O–H groups in total. The van der Waals surface area contributed by atoms with E-state index in [1.165, 1.54) is 36.4 Å². The monoisotopic (exact) mass is 392 g/mol. The summed E-state index contributed by atoms with van der Waals surface area (Å²) in [4.78, 5) is 24.0. The Hall–Kier alpha value is -2.74. The number of benzene rings is 2. The highest BCUT2D eigenvalue weighted by Gasteiger charge is 2.12. The molecule has 0 radical (unpaired) electrons. The van der Waals surface area contributed by atoms with Crippen molar-refractivity contribution < 1.29 is 22.4 Å². The minimum absolute atomic E-state index is 0.00381. The van der Waals surface area contributed by atoms with Gasteiger partial charge in [0, 0.05) is 18.7 Å². The lowest BCUT2D eigenvalue weighted by molar-refractivity contribution is -0.120. The molecule has 0 aromatic heterocycles. The molecule has 0 atom stereocenters. The van der Waals surface area contributed by atoms with E-state index in [2.05, 4.69) is 10.6 Å². The summed E-state index contributed by atoms with van der Waals surface area (Å²) in [6, 6.07) is 11.4. The zero-order chi connectivity index (χ0) is 19.9. The second-order valence-electron chi connectivity index (χ2n) is 5.84. The van der Waals surface area contributed by atoms with E-state index in [0.29, 0.717) is 11.1 Å². The minimum atomic E-state index is -3.30. The zero-order valence-electron chi connectivity index (χ0n) is 14.9. The van der Waals surface area contributed by atoms with Crippen LogP contribution in [0, 0.1) is 5.82 Å². The van der Waals surface area contributed by atoms with Crippen molar-refractivity contribution in [2.75, 3.05) is 18.8 Å². The molecule has 6 nitrogen and oxygen atoms in total. The van der Waals surface area contributed by atoms with Gasteiger partial charge in [-0.3, -0.25) is 9.59 Å². The van der Waals surface area contributed by atoms with Crippen molar-refractivity contribution in [3.63, 3.8) is 0 Å². The van der Waals surface area contributed by atoms with E-state index >= 15 is 0 Å². The number of halogens is 1. The molecule has 2 rings (SSSR count). The van der Waals surface area contributed by atoms with Crippen LogP contribution < -0.4 is 10.6 Å². The SMILES string of the molecule is CCS(=O)(=O)c1ccc(C(=O)NCCNC(=O)Cc2ccc(F)cc2)cc1. The first-order valence-electron chi connectivity index (χ1n) is 8.44. The Morgan fingerprint density at radius 3 is 2.11 bits per heavy atom. The topological polar surface area (TPSA) is 92.3 Å². The molecular formula is C19H21FN2O4S. The third kappa shape index (κ3) is 6.18. The molecule has 2 aromatic carbocycles. The number of carbonyl (C=O) groups is 2. The fourth-order valence-electron chi connectivity index (χ4n) is 2.31. The van der Waals surface area contributed by atoms with Crippen molar-refractivity contribution in [3.8, 4) is 0 Å². The van der Waals surface area contributed by atoms with E-state index < -0.39 is 9.84 Å². The van der Waals surface area contributed by atoms with Crippen LogP contribution in [0.5, 0.6) is 0 Å². The van der Waals surface area contributed by atoms with Crippen molar-refractivity contribution in [1.82, 2.24) is 10.6 Å². The van der Waals surface area contributed by atoms with Crippen molar-refractivity contribution in [2.24, 2.45) is 0 Å². The molecule has 0 aliphatic rings. The fourth-order valence-corrected chi connectivity index (χ4v) is 3.19. The lowest BCUT2D eigenvalue weighted by Crippen LogP contribution is -2.35. The summed E-state index contributed by atoms with van der Waals surface area (Å²) in [6.07, 6.45) is 0.127. The molecule has 27 heavy (non-hydrogen) atoms. The van der Waals surface area contributed by atoms with Crippen LogP contribution in [0.25, 0.3) is 0 Å². The smallest absolute Gasteiger partial charge is 0.251 e. The van der Waals surface area contributed by atoms with Gasteiger partial charge in [-0.05, 0) is 42.0 Å². The molecule has 2 aromatic rings. The Labute approximate surface area is 157 Å². The highest BCUT2D eigenvalue weighted by atomic mass is 32.2. The summed E-state index contributed by atoms with van der Waals surface area (Å²) >= 11 is 0. The summed E-state index contributed by atoms with van der Waals surface area (Å²) in [5, 5.41) is 5.31. The Morgan fingerprint density at radius 2 is 1.52 bits per heavy atom. The van der Waals surface area contributed by atoms with E-state index in [4.69, 9.17) is 0 Å². The summed E-state index contributed by atoms with van der Waals surface area (Å²) in [7, 11) is -3.30. The maximum atomic E-state index is 12.8. The zero-order valence-corrected chi connectivity index (χ0v) is 15.7. The Balaban J connectivity index is 1.75. The van der Waals surface area contributed by atoms with E-state index in [-0.39, 0.29) is 47.8 Å². The lowest BCUT2D eigenvalue weighted by atomic mass is 10.1. The molecule has 0 unspecified atom stereocenters. The minimum Gasteiger partial charge on any atom is -0.354 e. The molecule has 0 saturated carbocycles.